The van der Waals surface area contributed by atoms with Crippen LogP contribution in [0.4, 0.5) is 5.69 Å². The Balaban J connectivity index is 2.67. The molecule has 8 N–H and O–H groups in total. The molecular formula is C16H24N4O4. The molecule has 0 aliphatic carbocycles. The number of amides is 1. The van der Waals surface area contributed by atoms with Gasteiger partial charge in [0.1, 0.15) is 6.04 Å². The molecule has 1 aromatic carbocycles. The van der Waals surface area contributed by atoms with E-state index in [-0.39, 0.29) is 11.3 Å². The van der Waals surface area contributed by atoms with Gasteiger partial charge in [0.05, 0.1) is 6.04 Å². The van der Waals surface area contributed by atoms with Gasteiger partial charge in [0.15, 0.2) is 5.78 Å². The van der Waals surface area contributed by atoms with E-state index in [0.29, 0.717) is 19.4 Å². The number of hydrogen-bond acceptors (Lipinski definition) is 6. The zero-order valence-corrected chi connectivity index (χ0v) is 13.4. The second kappa shape index (κ2) is 9.64. The number of hydrogen-bond donors (Lipinski definition) is 5. The van der Waals surface area contributed by atoms with Gasteiger partial charge in [0, 0.05) is 17.7 Å². The van der Waals surface area contributed by atoms with Gasteiger partial charge in [-0.05, 0) is 31.5 Å². The van der Waals surface area contributed by atoms with Gasteiger partial charge < -0.3 is 27.6 Å². The molecular weight excluding hydrogens is 312 g/mol. The second-order valence-corrected chi connectivity index (χ2v) is 5.50. The summed E-state index contributed by atoms with van der Waals surface area (Å²) in [6.45, 7) is 0.499. The molecule has 0 aliphatic heterocycles. The zero-order chi connectivity index (χ0) is 18.1. The van der Waals surface area contributed by atoms with Crippen LogP contribution in [0.25, 0.3) is 0 Å². The number of anilines is 1. The van der Waals surface area contributed by atoms with Crippen LogP contribution in [-0.4, -0.2) is 41.4 Å². The van der Waals surface area contributed by atoms with Crippen molar-refractivity contribution in [1.29, 1.82) is 0 Å². The fourth-order valence-electron chi connectivity index (χ4n) is 2.16. The van der Waals surface area contributed by atoms with Crippen molar-refractivity contribution in [2.75, 3.05) is 12.3 Å². The molecule has 0 spiro atoms. The van der Waals surface area contributed by atoms with Crippen LogP contribution in [0.15, 0.2) is 24.3 Å². The molecule has 24 heavy (non-hydrogen) atoms. The first-order valence-corrected chi connectivity index (χ1v) is 7.73. The molecule has 0 bridgehead atoms. The number of nitrogen functional groups attached to an aromatic ring is 1. The largest absolute Gasteiger partial charge is 0.480 e. The molecule has 0 fully saturated rings. The number of para-hydroxylation sites is 1. The quantitative estimate of drug-likeness (QED) is 0.226. The Morgan fingerprint density at radius 1 is 1.17 bits per heavy atom. The Bertz CT molecular complexity index is 591. The lowest BCUT2D eigenvalue weighted by molar-refractivity contribution is -0.141. The molecule has 0 aliphatic rings. The Hall–Kier alpha value is -2.45. The van der Waals surface area contributed by atoms with E-state index < -0.39 is 36.2 Å². The van der Waals surface area contributed by atoms with Crippen LogP contribution in [0.3, 0.4) is 0 Å². The summed E-state index contributed by atoms with van der Waals surface area (Å²) in [6, 6.07) is 4.17. The summed E-state index contributed by atoms with van der Waals surface area (Å²) < 4.78 is 0. The maximum atomic E-state index is 12.2. The Labute approximate surface area is 140 Å². The molecule has 0 saturated carbocycles. The minimum Gasteiger partial charge on any atom is -0.480 e. The number of nitrogens with two attached hydrogens (primary N) is 3. The van der Waals surface area contributed by atoms with E-state index >= 15 is 0 Å². The average Bonchev–Trinajstić information content (AvgIpc) is 2.54. The van der Waals surface area contributed by atoms with Crippen molar-refractivity contribution >= 4 is 23.3 Å². The van der Waals surface area contributed by atoms with Crippen molar-refractivity contribution in [3.63, 3.8) is 0 Å². The van der Waals surface area contributed by atoms with Crippen molar-refractivity contribution in [3.05, 3.63) is 29.8 Å². The van der Waals surface area contributed by atoms with Crippen molar-refractivity contribution in [2.24, 2.45) is 11.5 Å². The van der Waals surface area contributed by atoms with Crippen LogP contribution in [0, 0.1) is 0 Å². The van der Waals surface area contributed by atoms with Gasteiger partial charge in [-0.15, -0.1) is 0 Å². The summed E-state index contributed by atoms with van der Waals surface area (Å²) in [6.07, 6.45) is 1.40. The summed E-state index contributed by atoms with van der Waals surface area (Å²) in [4.78, 5) is 35.5. The molecule has 2 atom stereocenters. The third-order valence-corrected chi connectivity index (χ3v) is 3.57. The van der Waals surface area contributed by atoms with E-state index in [1.807, 2.05) is 0 Å². The van der Waals surface area contributed by atoms with Gasteiger partial charge >= 0.3 is 5.97 Å². The van der Waals surface area contributed by atoms with Gasteiger partial charge in [0.2, 0.25) is 5.91 Å². The number of unbranched alkanes of at least 4 members (excludes halogenated alkanes) is 1. The summed E-state index contributed by atoms with van der Waals surface area (Å²) in [7, 11) is 0. The van der Waals surface area contributed by atoms with Gasteiger partial charge in [-0.2, -0.15) is 0 Å². The normalized spacial score (nSPS) is 13.1. The Morgan fingerprint density at radius 3 is 2.42 bits per heavy atom. The third kappa shape index (κ3) is 5.98. The molecule has 0 radical (unpaired) electrons. The Morgan fingerprint density at radius 2 is 1.83 bits per heavy atom. The molecule has 1 aromatic rings. The first kappa shape index (κ1) is 19.6. The molecule has 8 heteroatoms. The highest BCUT2D eigenvalue weighted by Gasteiger charge is 2.26. The summed E-state index contributed by atoms with van der Waals surface area (Å²) >= 11 is 0. The first-order chi connectivity index (χ1) is 11.4. The molecule has 8 nitrogen and oxygen atoms in total. The minimum atomic E-state index is -1.36. The van der Waals surface area contributed by atoms with Crippen LogP contribution in [0.5, 0.6) is 0 Å². The van der Waals surface area contributed by atoms with Gasteiger partial charge in [-0.1, -0.05) is 18.6 Å². The highest BCUT2D eigenvalue weighted by Crippen LogP contribution is 2.14. The zero-order valence-electron chi connectivity index (χ0n) is 13.4. The van der Waals surface area contributed by atoms with Crippen LogP contribution < -0.4 is 22.5 Å². The van der Waals surface area contributed by atoms with Crippen LogP contribution in [0.1, 0.15) is 36.0 Å². The third-order valence-electron chi connectivity index (χ3n) is 3.57. The van der Waals surface area contributed by atoms with E-state index in [2.05, 4.69) is 5.32 Å². The second-order valence-electron chi connectivity index (χ2n) is 5.50. The smallest absolute Gasteiger partial charge is 0.326 e. The van der Waals surface area contributed by atoms with Gasteiger partial charge in [-0.3, -0.25) is 9.59 Å². The first-order valence-electron chi connectivity index (χ1n) is 7.73. The van der Waals surface area contributed by atoms with E-state index in [4.69, 9.17) is 17.2 Å². The topological polar surface area (TPSA) is 162 Å². The maximum absolute atomic E-state index is 12.2. The summed E-state index contributed by atoms with van der Waals surface area (Å²) in [5.74, 6) is -2.37. The van der Waals surface area contributed by atoms with Gasteiger partial charge in [-0.25, -0.2) is 4.79 Å². The highest BCUT2D eigenvalue weighted by atomic mass is 16.4. The predicted molar refractivity (Wildman–Crippen MR) is 90.2 cm³/mol. The number of Topliss-reactive ketones (excluding diaryl/α,β-unsaturated/α-hetero) is 1. The minimum absolute atomic E-state index is 0.227. The van der Waals surface area contributed by atoms with Crippen LogP contribution >= 0.6 is 0 Å². The average molecular weight is 336 g/mol. The number of rotatable bonds is 10. The molecule has 132 valence electrons. The van der Waals surface area contributed by atoms with Crippen molar-refractivity contribution < 1.29 is 19.5 Å². The summed E-state index contributed by atoms with van der Waals surface area (Å²) in [5, 5.41) is 11.5. The highest BCUT2D eigenvalue weighted by molar-refractivity contribution is 6.03. The maximum Gasteiger partial charge on any atom is 0.326 e. The van der Waals surface area contributed by atoms with E-state index in [9.17, 15) is 19.5 Å². The fraction of sp³-hybridized carbons (Fsp3) is 0.438. The van der Waals surface area contributed by atoms with E-state index in [1.54, 1.807) is 18.2 Å². The van der Waals surface area contributed by atoms with Gasteiger partial charge in [0.25, 0.3) is 0 Å². The number of carbonyl (C=O) groups excluding carboxylic acids is 2. The van der Waals surface area contributed by atoms with Crippen LogP contribution in [0.2, 0.25) is 0 Å². The SMILES string of the molecule is NCCCC[C@H](N)C(=O)N[C@@H](CC(=O)c1ccccc1N)C(=O)O. The van der Waals surface area contributed by atoms with E-state index in [1.165, 1.54) is 6.07 Å². The van der Waals surface area contributed by atoms with Crippen molar-refractivity contribution in [1.82, 2.24) is 5.32 Å². The standard InChI is InChI=1S/C16H24N4O4/c17-8-4-3-7-12(19)15(22)20-13(16(23)24)9-14(21)10-5-1-2-6-11(10)18/h1-2,5-6,12-13H,3-4,7-9,17-19H2,(H,20,22)(H,23,24)/t12-,13-/m0/s1. The molecule has 0 unspecified atom stereocenters. The summed E-state index contributed by atoms with van der Waals surface area (Å²) in [5.41, 5.74) is 17.3. The number of carbonyl (C=O) groups is 3. The van der Waals surface area contributed by atoms with Crippen molar-refractivity contribution in [3.8, 4) is 0 Å². The van der Waals surface area contributed by atoms with Crippen molar-refractivity contribution in [2.45, 2.75) is 37.8 Å². The molecule has 1 amide bonds. The fourth-order valence-corrected chi connectivity index (χ4v) is 2.16. The Kier molecular flexibility index (Phi) is 7.87. The number of benzene rings is 1. The molecule has 1 rings (SSSR count). The number of carboxylic acid groups (broad SMARTS) is 1. The lowest BCUT2D eigenvalue weighted by atomic mass is 10.0. The molecule has 0 aromatic heterocycles. The number of carboxylic acids is 1. The number of aliphatic carboxylic acids is 1. The number of nitrogens with one attached hydrogen (secondary N) is 1. The molecule has 0 heterocycles. The lowest BCUT2D eigenvalue weighted by Gasteiger charge is -2.17. The monoisotopic (exact) mass is 336 g/mol. The molecule has 0 saturated heterocycles. The van der Waals surface area contributed by atoms with E-state index in [0.717, 1.165) is 6.42 Å². The number of ketones is 1. The predicted octanol–water partition coefficient (Wildman–Crippen LogP) is -0.133. The van der Waals surface area contributed by atoms with Crippen LogP contribution in [-0.2, 0) is 9.59 Å². The lowest BCUT2D eigenvalue weighted by Crippen LogP contribution is -2.49.